The van der Waals surface area contributed by atoms with E-state index in [0.29, 0.717) is 6.61 Å². The van der Waals surface area contributed by atoms with Crippen LogP contribution in [0.4, 0.5) is 0 Å². The van der Waals surface area contributed by atoms with Gasteiger partial charge >= 0.3 is 5.97 Å². The topological polar surface area (TPSA) is 38.3 Å². The highest BCUT2D eigenvalue weighted by Gasteiger charge is 2.22. The van der Waals surface area contributed by atoms with Crippen molar-refractivity contribution in [3.05, 3.63) is 34.3 Å². The largest absolute Gasteiger partial charge is 0.465 e. The zero-order valence-electron chi connectivity index (χ0n) is 9.83. The summed E-state index contributed by atoms with van der Waals surface area (Å²) in [7, 11) is 0. The second-order valence-corrected chi connectivity index (χ2v) is 4.56. The Labute approximate surface area is 106 Å². The number of hydrogen-bond acceptors (Lipinski definition) is 3. The Morgan fingerprint density at radius 1 is 1.59 bits per heavy atom. The molecule has 0 aromatic heterocycles. The van der Waals surface area contributed by atoms with Gasteiger partial charge in [0.1, 0.15) is 0 Å². The summed E-state index contributed by atoms with van der Waals surface area (Å²) in [6.45, 7) is 2.50. The highest BCUT2D eigenvalue weighted by molar-refractivity contribution is 6.30. The highest BCUT2D eigenvalue weighted by Crippen LogP contribution is 2.32. The maximum atomic E-state index is 11.3. The fraction of sp³-hybridized carbons (Fsp3) is 0.462. The van der Waals surface area contributed by atoms with Gasteiger partial charge in [0.15, 0.2) is 0 Å². The normalized spacial score (nSPS) is 17.9. The Kier molecular flexibility index (Phi) is 4.02. The van der Waals surface area contributed by atoms with Crippen molar-refractivity contribution in [2.75, 3.05) is 13.2 Å². The molecule has 1 atom stereocenters. The molecule has 1 aromatic rings. The number of benzene rings is 1. The molecule has 0 saturated heterocycles. The van der Waals surface area contributed by atoms with Gasteiger partial charge in [-0.1, -0.05) is 17.7 Å². The van der Waals surface area contributed by atoms with Crippen LogP contribution in [0.5, 0.6) is 0 Å². The molecular weight excluding hydrogens is 238 g/mol. The first kappa shape index (κ1) is 12.4. The molecule has 1 N–H and O–H groups in total. The quantitative estimate of drug-likeness (QED) is 0.838. The van der Waals surface area contributed by atoms with Crippen molar-refractivity contribution in [1.29, 1.82) is 0 Å². The highest BCUT2D eigenvalue weighted by atomic mass is 35.5. The Morgan fingerprint density at radius 3 is 3.18 bits per heavy atom. The van der Waals surface area contributed by atoms with E-state index in [1.54, 1.807) is 0 Å². The van der Waals surface area contributed by atoms with Gasteiger partial charge in [-0.3, -0.25) is 4.79 Å². The number of aryl methyl sites for hydroxylation is 1. The lowest BCUT2D eigenvalue weighted by atomic mass is 10.1. The Balaban J connectivity index is 1.95. The molecule has 2 rings (SSSR count). The molecular formula is C13H16ClNO2. The lowest BCUT2D eigenvalue weighted by Gasteiger charge is -2.13. The molecule has 0 heterocycles. The minimum atomic E-state index is -0.199. The molecule has 1 aliphatic rings. The summed E-state index contributed by atoms with van der Waals surface area (Å²) in [5.74, 6) is -0.199. The van der Waals surface area contributed by atoms with Crippen molar-refractivity contribution in [3.8, 4) is 0 Å². The zero-order valence-corrected chi connectivity index (χ0v) is 10.6. The van der Waals surface area contributed by atoms with Gasteiger partial charge in [0.25, 0.3) is 0 Å². The number of rotatable bonds is 4. The molecule has 17 heavy (non-hydrogen) atoms. The molecule has 0 saturated carbocycles. The summed E-state index contributed by atoms with van der Waals surface area (Å²) in [6, 6.07) is 6.17. The minimum absolute atomic E-state index is 0.199. The molecule has 1 unspecified atom stereocenters. The standard InChI is InChI=1S/C13H16ClNO2/c1-2-17-13(16)8-15-12-6-3-9-7-10(14)4-5-11(9)12/h4-5,7,12,15H,2-3,6,8H2,1H3. The number of fused-ring (bicyclic) bond motifs is 1. The SMILES string of the molecule is CCOC(=O)CNC1CCc2cc(Cl)ccc21. The van der Waals surface area contributed by atoms with Crippen molar-refractivity contribution >= 4 is 17.6 Å². The minimum Gasteiger partial charge on any atom is -0.465 e. The fourth-order valence-electron chi connectivity index (χ4n) is 2.22. The predicted octanol–water partition coefficient (Wildman–Crippen LogP) is 2.48. The van der Waals surface area contributed by atoms with Gasteiger partial charge in [-0.25, -0.2) is 0 Å². The van der Waals surface area contributed by atoms with Crippen molar-refractivity contribution in [1.82, 2.24) is 5.32 Å². The molecule has 1 aliphatic carbocycles. The Bertz CT molecular complexity index is 420. The maximum absolute atomic E-state index is 11.3. The third-order valence-electron chi connectivity index (χ3n) is 2.98. The van der Waals surface area contributed by atoms with E-state index < -0.39 is 0 Å². The third-order valence-corrected chi connectivity index (χ3v) is 3.22. The number of carbonyl (C=O) groups is 1. The summed E-state index contributed by atoms with van der Waals surface area (Å²) in [6.07, 6.45) is 2.02. The molecule has 0 spiro atoms. The molecule has 0 radical (unpaired) electrons. The maximum Gasteiger partial charge on any atom is 0.319 e. The summed E-state index contributed by atoms with van der Waals surface area (Å²) in [4.78, 5) is 11.3. The number of nitrogens with one attached hydrogen (secondary N) is 1. The molecule has 4 heteroatoms. The van der Waals surface area contributed by atoms with E-state index in [1.165, 1.54) is 11.1 Å². The first-order chi connectivity index (χ1) is 8.20. The van der Waals surface area contributed by atoms with Crippen LogP contribution in [0.25, 0.3) is 0 Å². The lowest BCUT2D eigenvalue weighted by molar-refractivity contribution is -0.142. The van der Waals surface area contributed by atoms with Crippen LogP contribution in [-0.2, 0) is 16.0 Å². The van der Waals surface area contributed by atoms with Crippen molar-refractivity contribution in [2.45, 2.75) is 25.8 Å². The van der Waals surface area contributed by atoms with Gasteiger partial charge in [0.05, 0.1) is 13.2 Å². The smallest absolute Gasteiger partial charge is 0.319 e. The number of halogens is 1. The van der Waals surface area contributed by atoms with Crippen LogP contribution in [0.1, 0.15) is 30.5 Å². The van der Waals surface area contributed by atoms with Gasteiger partial charge in [0, 0.05) is 11.1 Å². The fourth-order valence-corrected chi connectivity index (χ4v) is 2.41. The van der Waals surface area contributed by atoms with Gasteiger partial charge in [-0.05, 0) is 43.0 Å². The van der Waals surface area contributed by atoms with E-state index in [4.69, 9.17) is 16.3 Å². The number of hydrogen-bond donors (Lipinski definition) is 1. The molecule has 1 aromatic carbocycles. The third kappa shape index (κ3) is 2.99. The molecule has 0 bridgehead atoms. The van der Waals surface area contributed by atoms with E-state index >= 15 is 0 Å². The zero-order chi connectivity index (χ0) is 12.3. The van der Waals surface area contributed by atoms with Gasteiger partial charge in [-0.2, -0.15) is 0 Å². The van der Waals surface area contributed by atoms with Crippen LogP contribution >= 0.6 is 11.6 Å². The molecule has 92 valence electrons. The van der Waals surface area contributed by atoms with E-state index in [2.05, 4.69) is 5.32 Å². The van der Waals surface area contributed by atoms with Gasteiger partial charge in [0.2, 0.25) is 0 Å². The van der Waals surface area contributed by atoms with E-state index in [1.807, 2.05) is 25.1 Å². The summed E-state index contributed by atoms with van der Waals surface area (Å²) >= 11 is 5.95. The van der Waals surface area contributed by atoms with Crippen LogP contribution in [0, 0.1) is 0 Å². The van der Waals surface area contributed by atoms with Gasteiger partial charge < -0.3 is 10.1 Å². The summed E-state index contributed by atoms with van der Waals surface area (Å²) in [5, 5.41) is 4.00. The first-order valence-corrected chi connectivity index (χ1v) is 6.26. The average Bonchev–Trinajstić information content (AvgIpc) is 2.69. The lowest BCUT2D eigenvalue weighted by Crippen LogP contribution is -2.27. The first-order valence-electron chi connectivity index (χ1n) is 5.88. The molecule has 0 fully saturated rings. The van der Waals surface area contributed by atoms with E-state index in [0.717, 1.165) is 17.9 Å². The second kappa shape index (κ2) is 5.52. The predicted molar refractivity (Wildman–Crippen MR) is 67.1 cm³/mol. The summed E-state index contributed by atoms with van der Waals surface area (Å²) in [5.41, 5.74) is 2.53. The molecule has 0 amide bonds. The molecule has 0 aliphatic heterocycles. The van der Waals surface area contributed by atoms with Crippen LogP contribution in [0.3, 0.4) is 0 Å². The van der Waals surface area contributed by atoms with Crippen LogP contribution < -0.4 is 5.32 Å². The van der Waals surface area contributed by atoms with Crippen LogP contribution in [-0.4, -0.2) is 19.1 Å². The van der Waals surface area contributed by atoms with Crippen molar-refractivity contribution in [2.24, 2.45) is 0 Å². The number of esters is 1. The number of ether oxygens (including phenoxy) is 1. The van der Waals surface area contributed by atoms with Crippen LogP contribution in [0.15, 0.2) is 18.2 Å². The second-order valence-electron chi connectivity index (χ2n) is 4.12. The Hall–Kier alpha value is -1.06. The van der Waals surface area contributed by atoms with Crippen LogP contribution in [0.2, 0.25) is 5.02 Å². The monoisotopic (exact) mass is 253 g/mol. The van der Waals surface area contributed by atoms with E-state index in [-0.39, 0.29) is 18.6 Å². The average molecular weight is 254 g/mol. The molecule has 3 nitrogen and oxygen atoms in total. The number of carbonyl (C=O) groups excluding carboxylic acids is 1. The van der Waals surface area contributed by atoms with Gasteiger partial charge in [-0.15, -0.1) is 0 Å². The Morgan fingerprint density at radius 2 is 2.41 bits per heavy atom. The van der Waals surface area contributed by atoms with E-state index in [9.17, 15) is 4.79 Å². The van der Waals surface area contributed by atoms with Crippen molar-refractivity contribution in [3.63, 3.8) is 0 Å². The van der Waals surface area contributed by atoms with Crippen molar-refractivity contribution < 1.29 is 9.53 Å². The summed E-state index contributed by atoms with van der Waals surface area (Å²) < 4.78 is 4.89.